The molecule has 3 aromatic rings. The first-order chi connectivity index (χ1) is 13.8. The summed E-state index contributed by atoms with van der Waals surface area (Å²) < 4.78 is 5.63. The van der Waals surface area contributed by atoms with E-state index in [0.29, 0.717) is 12.4 Å². The minimum absolute atomic E-state index is 0.0682. The van der Waals surface area contributed by atoms with Gasteiger partial charge in [-0.1, -0.05) is 78.9 Å². The molecule has 0 aromatic heterocycles. The van der Waals surface area contributed by atoms with E-state index in [1.54, 1.807) is 0 Å². The smallest absolute Gasteiger partial charge is 0.407 e. The molecule has 1 N–H and O–H groups in total. The Hall–Kier alpha value is -2.72. The molecule has 0 saturated carbocycles. The molecule has 0 bridgehead atoms. The number of rotatable bonds is 6. The normalized spacial score (nSPS) is 13.5. The summed E-state index contributed by atoms with van der Waals surface area (Å²) in [6.07, 6.45) is 0.339. The molecule has 1 aliphatic carbocycles. The predicted molar refractivity (Wildman–Crippen MR) is 116 cm³/mol. The van der Waals surface area contributed by atoms with Gasteiger partial charge in [-0.05, 0) is 34.2 Å². The number of carbonyl (C=O) groups excluding carboxylic acids is 1. The summed E-state index contributed by atoms with van der Waals surface area (Å²) in [6, 6.07) is 26.7. The molecule has 0 fully saturated rings. The van der Waals surface area contributed by atoms with Gasteiger partial charge in [-0.3, -0.25) is 0 Å². The van der Waals surface area contributed by atoms with Gasteiger partial charge in [0.1, 0.15) is 6.61 Å². The van der Waals surface area contributed by atoms with Crippen molar-refractivity contribution in [1.82, 2.24) is 5.32 Å². The summed E-state index contributed by atoms with van der Waals surface area (Å²) in [5, 5.41) is 2.95. The van der Waals surface area contributed by atoms with Crippen LogP contribution in [0.15, 0.2) is 78.9 Å². The lowest BCUT2D eigenvalue weighted by Gasteiger charge is -2.19. The maximum atomic E-state index is 12.4. The third-order valence-corrected chi connectivity index (χ3v) is 5.65. The van der Waals surface area contributed by atoms with Crippen LogP contribution in [0.25, 0.3) is 11.1 Å². The van der Waals surface area contributed by atoms with Gasteiger partial charge in [0, 0.05) is 17.7 Å². The second kappa shape index (κ2) is 8.53. The summed E-state index contributed by atoms with van der Waals surface area (Å²) in [7, 11) is 0. The fraction of sp³-hybridized carbons (Fsp3) is 0.208. The summed E-state index contributed by atoms with van der Waals surface area (Å²) in [4.78, 5) is 12.4. The first-order valence-corrected chi connectivity index (χ1v) is 10.2. The van der Waals surface area contributed by atoms with Crippen molar-refractivity contribution in [3.63, 3.8) is 0 Å². The molecule has 0 aliphatic heterocycles. The van der Waals surface area contributed by atoms with Crippen LogP contribution in [0.2, 0.25) is 0 Å². The maximum absolute atomic E-state index is 12.4. The first kappa shape index (κ1) is 18.6. The molecule has 142 valence electrons. The number of carbonyl (C=O) groups is 1. The number of ether oxygens (including phenoxy) is 1. The highest BCUT2D eigenvalue weighted by atomic mass is 32.1. The number of hydrogen-bond acceptors (Lipinski definition) is 3. The molecule has 3 aromatic carbocycles. The maximum Gasteiger partial charge on any atom is 0.407 e. The molecule has 0 saturated heterocycles. The standard InChI is InChI=1S/C24H23NO2S/c26-24(25-18(16-28)14-17-8-2-1-3-9-17)27-15-23-21-12-6-4-10-19(21)20-11-5-7-13-22(20)23/h1-13,18,23,28H,14-16H2,(H,25,26)/t18-/m0/s1. The zero-order valence-electron chi connectivity index (χ0n) is 15.5. The Bertz CT molecular complexity index is 912. The average Bonchev–Trinajstić information content (AvgIpc) is 3.06. The van der Waals surface area contributed by atoms with Crippen molar-refractivity contribution in [2.24, 2.45) is 0 Å². The van der Waals surface area contributed by atoms with Crippen LogP contribution in [-0.4, -0.2) is 24.5 Å². The highest BCUT2D eigenvalue weighted by Gasteiger charge is 2.29. The van der Waals surface area contributed by atoms with Crippen LogP contribution in [0.5, 0.6) is 0 Å². The molecule has 0 heterocycles. The Morgan fingerprint density at radius 2 is 1.46 bits per heavy atom. The van der Waals surface area contributed by atoms with E-state index >= 15 is 0 Å². The number of amides is 1. The molecule has 1 amide bonds. The molecule has 1 aliphatic rings. The van der Waals surface area contributed by atoms with Gasteiger partial charge in [-0.25, -0.2) is 4.79 Å². The van der Waals surface area contributed by atoms with Gasteiger partial charge in [0.25, 0.3) is 0 Å². The van der Waals surface area contributed by atoms with Crippen LogP contribution in [0.1, 0.15) is 22.6 Å². The summed E-state index contributed by atoms with van der Waals surface area (Å²) in [5.41, 5.74) is 6.05. The van der Waals surface area contributed by atoms with Crippen molar-refractivity contribution in [1.29, 1.82) is 0 Å². The van der Waals surface area contributed by atoms with E-state index in [0.717, 1.165) is 6.42 Å². The molecular weight excluding hydrogens is 366 g/mol. The Balaban J connectivity index is 1.41. The molecule has 0 spiro atoms. The van der Waals surface area contributed by atoms with Crippen LogP contribution in [-0.2, 0) is 11.2 Å². The van der Waals surface area contributed by atoms with Gasteiger partial charge in [-0.2, -0.15) is 12.6 Å². The molecule has 4 rings (SSSR count). The van der Waals surface area contributed by atoms with Crippen molar-refractivity contribution < 1.29 is 9.53 Å². The van der Waals surface area contributed by atoms with E-state index in [1.165, 1.54) is 27.8 Å². The van der Waals surface area contributed by atoms with Crippen LogP contribution in [0, 0.1) is 0 Å². The van der Waals surface area contributed by atoms with E-state index in [1.807, 2.05) is 42.5 Å². The van der Waals surface area contributed by atoms with Gasteiger partial charge in [0.05, 0.1) is 0 Å². The molecule has 3 nitrogen and oxygen atoms in total. The predicted octanol–water partition coefficient (Wildman–Crippen LogP) is 5.07. The van der Waals surface area contributed by atoms with E-state index in [4.69, 9.17) is 4.74 Å². The van der Waals surface area contributed by atoms with E-state index < -0.39 is 6.09 Å². The Labute approximate surface area is 171 Å². The SMILES string of the molecule is O=C(N[C@H](CS)Cc1ccccc1)OCC1c2ccccc2-c2ccccc21. The van der Waals surface area contributed by atoms with Crippen LogP contribution < -0.4 is 5.32 Å². The molecule has 4 heteroatoms. The monoisotopic (exact) mass is 389 g/mol. The van der Waals surface area contributed by atoms with E-state index in [-0.39, 0.29) is 12.0 Å². The number of benzene rings is 3. The van der Waals surface area contributed by atoms with Crippen LogP contribution in [0.4, 0.5) is 4.79 Å². The van der Waals surface area contributed by atoms with E-state index in [9.17, 15) is 4.79 Å². The highest BCUT2D eigenvalue weighted by Crippen LogP contribution is 2.44. The molecule has 0 radical (unpaired) electrons. The lowest BCUT2D eigenvalue weighted by molar-refractivity contribution is 0.140. The molecule has 1 atom stereocenters. The van der Waals surface area contributed by atoms with Gasteiger partial charge in [0.15, 0.2) is 0 Å². The van der Waals surface area contributed by atoms with Crippen molar-refractivity contribution in [3.8, 4) is 11.1 Å². The number of hydrogen-bond donors (Lipinski definition) is 2. The highest BCUT2D eigenvalue weighted by molar-refractivity contribution is 7.80. The van der Waals surface area contributed by atoms with Crippen LogP contribution >= 0.6 is 12.6 Å². The third-order valence-electron chi connectivity index (χ3n) is 5.21. The second-order valence-corrected chi connectivity index (χ2v) is 7.40. The Morgan fingerprint density at radius 1 is 0.893 bits per heavy atom. The molecule has 0 unspecified atom stereocenters. The largest absolute Gasteiger partial charge is 0.449 e. The zero-order valence-corrected chi connectivity index (χ0v) is 16.4. The number of thiol groups is 1. The number of nitrogens with one attached hydrogen (secondary N) is 1. The minimum Gasteiger partial charge on any atom is -0.449 e. The van der Waals surface area contributed by atoms with Gasteiger partial charge in [-0.15, -0.1) is 0 Å². The zero-order chi connectivity index (χ0) is 19.3. The number of fused-ring (bicyclic) bond motifs is 3. The lowest BCUT2D eigenvalue weighted by atomic mass is 9.98. The topological polar surface area (TPSA) is 38.3 Å². The van der Waals surface area contributed by atoms with Crippen molar-refractivity contribution in [2.45, 2.75) is 18.4 Å². The van der Waals surface area contributed by atoms with E-state index in [2.05, 4.69) is 54.3 Å². The first-order valence-electron chi connectivity index (χ1n) is 9.52. The molecular formula is C24H23NO2S. The minimum atomic E-state index is -0.392. The Morgan fingerprint density at radius 3 is 2.07 bits per heavy atom. The Kier molecular flexibility index (Phi) is 5.68. The van der Waals surface area contributed by atoms with Crippen LogP contribution in [0.3, 0.4) is 0 Å². The molecule has 28 heavy (non-hydrogen) atoms. The second-order valence-electron chi connectivity index (χ2n) is 7.04. The lowest BCUT2D eigenvalue weighted by Crippen LogP contribution is -2.38. The third kappa shape index (κ3) is 3.92. The fourth-order valence-electron chi connectivity index (χ4n) is 3.87. The van der Waals surface area contributed by atoms with Crippen molar-refractivity contribution in [2.75, 3.05) is 12.4 Å². The average molecular weight is 390 g/mol. The van der Waals surface area contributed by atoms with Gasteiger partial charge < -0.3 is 10.1 Å². The summed E-state index contributed by atoms with van der Waals surface area (Å²) in [5.74, 6) is 0.626. The fourth-order valence-corrected chi connectivity index (χ4v) is 4.09. The number of alkyl carbamates (subject to hydrolysis) is 1. The van der Waals surface area contributed by atoms with Crippen molar-refractivity contribution >= 4 is 18.7 Å². The summed E-state index contributed by atoms with van der Waals surface area (Å²) in [6.45, 7) is 0.324. The van der Waals surface area contributed by atoms with Gasteiger partial charge in [0.2, 0.25) is 0 Å². The van der Waals surface area contributed by atoms with Gasteiger partial charge >= 0.3 is 6.09 Å². The van der Waals surface area contributed by atoms with Crippen molar-refractivity contribution in [3.05, 3.63) is 95.6 Å². The summed E-state index contributed by atoms with van der Waals surface area (Å²) >= 11 is 4.38. The quantitative estimate of drug-likeness (QED) is 0.578.